The summed E-state index contributed by atoms with van der Waals surface area (Å²) in [6.45, 7) is 4.01. The number of rotatable bonds is 9. The highest BCUT2D eigenvalue weighted by Crippen LogP contribution is 2.40. The van der Waals surface area contributed by atoms with Crippen LogP contribution in [0.1, 0.15) is 44.4 Å². The molecule has 0 aliphatic rings. The number of aryl methyl sites for hydroxylation is 1. The summed E-state index contributed by atoms with van der Waals surface area (Å²) >= 11 is 8.94. The Kier molecular flexibility index (Phi) is 10.7. The lowest BCUT2D eigenvalue weighted by atomic mass is 10.0. The zero-order valence-electron chi connectivity index (χ0n) is 20.7. The fourth-order valence-corrected chi connectivity index (χ4v) is 6.48. The van der Waals surface area contributed by atoms with E-state index >= 15 is 0 Å². The fraction of sp³-hybridized carbons (Fsp3) is 0.172. The highest BCUT2D eigenvalue weighted by atomic mass is 79.9. The number of carbonyl (C=O) groups is 2. The number of hydrogen-bond acceptors (Lipinski definition) is 6. The standard InChI is InChI=1S/C29H24ClN2O3S2.BrH/c1-3-35-25(33)16-24-26(32-14-12-19(2)13-15-32)29(36-18-22-7-5-4-6-21(22)17-31)37-28(24)27(34)20-8-10-23(30)11-9-20;/h4-15H,3,16,18H2,1-2H3;1H/q+1;/p-1. The second kappa shape index (κ2) is 13.7. The Labute approximate surface area is 245 Å². The zero-order chi connectivity index (χ0) is 26.4. The van der Waals surface area contributed by atoms with E-state index in [2.05, 4.69) is 6.07 Å². The molecule has 0 aliphatic heterocycles. The minimum Gasteiger partial charge on any atom is -1.00 e. The quantitative estimate of drug-likeness (QED) is 0.123. The molecule has 194 valence electrons. The van der Waals surface area contributed by atoms with Crippen molar-refractivity contribution in [1.82, 2.24) is 0 Å². The molecule has 0 saturated heterocycles. The SMILES string of the molecule is CCOC(=O)Cc1c(C(=O)c2ccc(Cl)cc2)sc(SCc2ccccc2C#N)c1-[n+]1ccc(C)cc1.[Br-]. The van der Waals surface area contributed by atoms with Crippen LogP contribution in [0.25, 0.3) is 5.69 Å². The van der Waals surface area contributed by atoms with Gasteiger partial charge in [-0.05, 0) is 55.3 Å². The minimum atomic E-state index is -0.397. The molecule has 0 aliphatic carbocycles. The van der Waals surface area contributed by atoms with Gasteiger partial charge in [-0.15, -0.1) is 23.1 Å². The van der Waals surface area contributed by atoms with E-state index < -0.39 is 5.97 Å². The first-order chi connectivity index (χ1) is 17.9. The maximum Gasteiger partial charge on any atom is 0.310 e. The number of pyridine rings is 1. The van der Waals surface area contributed by atoms with E-state index in [0.29, 0.717) is 32.3 Å². The summed E-state index contributed by atoms with van der Waals surface area (Å²) in [5.74, 6) is -0.0399. The molecule has 0 N–H and O–H groups in total. The van der Waals surface area contributed by atoms with Gasteiger partial charge < -0.3 is 21.7 Å². The van der Waals surface area contributed by atoms with E-state index in [1.54, 1.807) is 49.0 Å². The van der Waals surface area contributed by atoms with Gasteiger partial charge in [0, 0.05) is 28.5 Å². The number of benzene rings is 2. The van der Waals surface area contributed by atoms with Crippen LogP contribution in [0.15, 0.2) is 77.3 Å². The average Bonchev–Trinajstić information content (AvgIpc) is 3.26. The normalized spacial score (nSPS) is 10.4. The van der Waals surface area contributed by atoms with Crippen LogP contribution in [0.5, 0.6) is 0 Å². The molecule has 0 atom stereocenters. The van der Waals surface area contributed by atoms with Crippen molar-refractivity contribution in [3.8, 4) is 11.8 Å². The molecule has 0 unspecified atom stereocenters. The number of ether oxygens (including phenoxy) is 1. The maximum atomic E-state index is 13.7. The molecule has 5 nitrogen and oxygen atoms in total. The zero-order valence-corrected chi connectivity index (χ0v) is 24.7. The minimum absolute atomic E-state index is 0. The summed E-state index contributed by atoms with van der Waals surface area (Å²) in [5, 5.41) is 10.1. The Morgan fingerprint density at radius 3 is 2.42 bits per heavy atom. The summed E-state index contributed by atoms with van der Waals surface area (Å²) in [4.78, 5) is 26.9. The number of carbonyl (C=O) groups excluding carboxylic acids is 2. The first-order valence-electron chi connectivity index (χ1n) is 11.6. The van der Waals surface area contributed by atoms with E-state index in [-0.39, 0.29) is 35.8 Å². The second-order valence-electron chi connectivity index (χ2n) is 8.20. The van der Waals surface area contributed by atoms with Crippen molar-refractivity contribution in [2.24, 2.45) is 0 Å². The lowest BCUT2D eigenvalue weighted by molar-refractivity contribution is -0.598. The van der Waals surface area contributed by atoms with Crippen LogP contribution >= 0.6 is 34.7 Å². The lowest BCUT2D eigenvalue weighted by Crippen LogP contribution is -3.00. The van der Waals surface area contributed by atoms with Gasteiger partial charge in [-0.3, -0.25) is 9.59 Å². The summed E-state index contributed by atoms with van der Waals surface area (Å²) in [7, 11) is 0. The number of thioether (sulfide) groups is 1. The van der Waals surface area contributed by atoms with Crippen molar-refractivity contribution < 1.29 is 35.9 Å². The van der Waals surface area contributed by atoms with E-state index in [4.69, 9.17) is 16.3 Å². The molecule has 38 heavy (non-hydrogen) atoms. The third kappa shape index (κ3) is 6.91. The highest BCUT2D eigenvalue weighted by Gasteiger charge is 2.31. The number of hydrogen-bond donors (Lipinski definition) is 0. The van der Waals surface area contributed by atoms with Gasteiger partial charge in [0.1, 0.15) is 4.21 Å². The first kappa shape index (κ1) is 29.6. The molecule has 0 fully saturated rings. The number of thiophene rings is 1. The molecule has 0 bridgehead atoms. The number of nitriles is 1. The van der Waals surface area contributed by atoms with Crippen LogP contribution in [0, 0.1) is 18.3 Å². The topological polar surface area (TPSA) is 71.0 Å². The molecule has 2 aromatic heterocycles. The van der Waals surface area contributed by atoms with Crippen LogP contribution in [0.4, 0.5) is 0 Å². The van der Waals surface area contributed by atoms with Crippen molar-refractivity contribution in [2.45, 2.75) is 30.2 Å². The van der Waals surface area contributed by atoms with Gasteiger partial charge >= 0.3 is 5.97 Å². The van der Waals surface area contributed by atoms with E-state index in [1.165, 1.54) is 11.3 Å². The monoisotopic (exact) mass is 626 g/mol. The average molecular weight is 628 g/mol. The number of aromatic nitrogens is 1. The predicted octanol–water partition coefficient (Wildman–Crippen LogP) is 3.49. The van der Waals surface area contributed by atoms with Gasteiger partial charge in [-0.2, -0.15) is 9.83 Å². The van der Waals surface area contributed by atoms with E-state index in [1.807, 2.05) is 54.2 Å². The largest absolute Gasteiger partial charge is 1.00 e. The van der Waals surface area contributed by atoms with Crippen molar-refractivity contribution in [1.29, 1.82) is 5.26 Å². The van der Waals surface area contributed by atoms with Crippen LogP contribution in [0.2, 0.25) is 5.02 Å². The molecule has 0 spiro atoms. The van der Waals surface area contributed by atoms with Gasteiger partial charge in [-0.1, -0.05) is 29.8 Å². The van der Waals surface area contributed by atoms with E-state index in [0.717, 1.165) is 21.0 Å². The van der Waals surface area contributed by atoms with Gasteiger partial charge in [0.2, 0.25) is 11.5 Å². The molecular formula is C29H24BrClN2O3S2. The van der Waals surface area contributed by atoms with Crippen LogP contribution < -0.4 is 21.5 Å². The molecule has 2 aromatic carbocycles. The Hall–Kier alpha value is -2.96. The Balaban J connectivity index is 0.00000400. The smallest absolute Gasteiger partial charge is 0.310 e. The number of halogens is 2. The molecule has 4 aromatic rings. The molecule has 0 radical (unpaired) electrons. The Morgan fingerprint density at radius 1 is 1.08 bits per heavy atom. The summed E-state index contributed by atoms with van der Waals surface area (Å²) < 4.78 is 8.08. The van der Waals surface area contributed by atoms with Crippen molar-refractivity contribution >= 4 is 46.5 Å². The van der Waals surface area contributed by atoms with Gasteiger partial charge in [0.05, 0.1) is 35.1 Å². The van der Waals surface area contributed by atoms with Crippen LogP contribution in [-0.2, 0) is 21.7 Å². The van der Waals surface area contributed by atoms with Crippen molar-refractivity contribution in [3.63, 3.8) is 0 Å². The third-order valence-electron chi connectivity index (χ3n) is 5.64. The van der Waals surface area contributed by atoms with Gasteiger partial charge in [-0.25, -0.2) is 0 Å². The van der Waals surface area contributed by atoms with Crippen molar-refractivity contribution in [2.75, 3.05) is 6.61 Å². The molecule has 9 heteroatoms. The Morgan fingerprint density at radius 2 is 1.76 bits per heavy atom. The van der Waals surface area contributed by atoms with Crippen LogP contribution in [0.3, 0.4) is 0 Å². The fourth-order valence-electron chi connectivity index (χ4n) is 3.78. The maximum absolute atomic E-state index is 13.7. The Bertz CT molecular complexity index is 1480. The van der Waals surface area contributed by atoms with Gasteiger partial charge in [0.15, 0.2) is 12.4 Å². The van der Waals surface area contributed by atoms with Crippen LogP contribution in [-0.4, -0.2) is 18.4 Å². The summed E-state index contributed by atoms with van der Waals surface area (Å²) in [6.07, 6.45) is 3.82. The van der Waals surface area contributed by atoms with Crippen molar-refractivity contribution in [3.05, 3.63) is 111 Å². The van der Waals surface area contributed by atoms with Gasteiger partial charge in [0.25, 0.3) is 0 Å². The first-order valence-corrected chi connectivity index (χ1v) is 13.8. The summed E-state index contributed by atoms with van der Waals surface area (Å²) in [6, 6.07) is 20.4. The van der Waals surface area contributed by atoms with E-state index in [9.17, 15) is 14.9 Å². The highest BCUT2D eigenvalue weighted by molar-refractivity contribution is 8.00. The number of ketones is 1. The third-order valence-corrected chi connectivity index (χ3v) is 8.42. The molecule has 2 heterocycles. The summed E-state index contributed by atoms with van der Waals surface area (Å²) in [5.41, 5.74) is 4.49. The number of esters is 1. The molecule has 0 saturated carbocycles. The molecule has 4 rings (SSSR count). The molecule has 0 amide bonds. The number of nitrogens with zero attached hydrogens (tertiary/aromatic N) is 2. The predicted molar refractivity (Wildman–Crippen MR) is 147 cm³/mol. The second-order valence-corrected chi connectivity index (χ2v) is 10.9. The molecular weight excluding hydrogens is 604 g/mol. The lowest BCUT2D eigenvalue weighted by Gasteiger charge is -2.06.